The van der Waals surface area contributed by atoms with Crippen molar-refractivity contribution in [2.45, 2.75) is 13.3 Å². The smallest absolute Gasteiger partial charge is 0.248 e. The number of primary amides is 1. The second-order valence-electron chi connectivity index (χ2n) is 4.14. The molecule has 0 bridgehead atoms. The third-order valence-electron chi connectivity index (χ3n) is 2.60. The molecule has 1 amide bonds. The molecule has 1 aliphatic carbocycles. The molecule has 0 atom stereocenters. The molecule has 2 rings (SSSR count). The number of carbonyl (C=O) groups excluding carboxylic acids is 1. The molecule has 0 radical (unpaired) electrons. The maximum Gasteiger partial charge on any atom is 0.248 e. The predicted molar refractivity (Wildman–Crippen MR) is 71.2 cm³/mol. The lowest BCUT2D eigenvalue weighted by Crippen LogP contribution is -2.10. The molecular weight excluding hydrogens is 226 g/mol. The first-order chi connectivity index (χ1) is 8.65. The number of ether oxygens (including phenoxy) is 1. The number of benzene rings is 1. The first-order valence-electron chi connectivity index (χ1n) is 5.77. The maximum atomic E-state index is 11.1. The van der Waals surface area contributed by atoms with Crippen LogP contribution in [0.5, 0.6) is 5.75 Å². The molecule has 0 spiro atoms. The monoisotopic (exact) mass is 241 g/mol. The van der Waals surface area contributed by atoms with E-state index in [1.165, 1.54) is 5.57 Å². The van der Waals surface area contributed by atoms with Crippen LogP contribution in [0.15, 0.2) is 59.9 Å². The van der Waals surface area contributed by atoms with Gasteiger partial charge in [0.25, 0.3) is 0 Å². The maximum absolute atomic E-state index is 11.1. The summed E-state index contributed by atoms with van der Waals surface area (Å²) >= 11 is 0. The standard InChI is InChI=1S/C15H15NO2/c1-11-4-2-6-13(9-8-11)18-14-7-3-5-12(10-14)15(16)17/h2-5,7-10H,6H2,1H3,(H2,16,17). The molecule has 3 heteroatoms. The topological polar surface area (TPSA) is 52.3 Å². The molecule has 0 saturated carbocycles. The van der Waals surface area contributed by atoms with Crippen LogP contribution in [-0.4, -0.2) is 5.91 Å². The van der Waals surface area contributed by atoms with Gasteiger partial charge in [-0.1, -0.05) is 29.9 Å². The van der Waals surface area contributed by atoms with Crippen molar-refractivity contribution in [2.24, 2.45) is 5.73 Å². The molecule has 1 aliphatic rings. The molecule has 1 aromatic carbocycles. The fraction of sp³-hybridized carbons (Fsp3) is 0.133. The van der Waals surface area contributed by atoms with E-state index < -0.39 is 5.91 Å². The number of hydrogen-bond acceptors (Lipinski definition) is 2. The van der Waals surface area contributed by atoms with Gasteiger partial charge in [-0.05, 0) is 31.2 Å². The minimum absolute atomic E-state index is 0.448. The summed E-state index contributed by atoms with van der Waals surface area (Å²) in [5.41, 5.74) is 6.86. The van der Waals surface area contributed by atoms with E-state index in [0.29, 0.717) is 11.3 Å². The van der Waals surface area contributed by atoms with E-state index in [1.54, 1.807) is 24.3 Å². The number of carbonyl (C=O) groups is 1. The normalized spacial score (nSPS) is 14.5. The van der Waals surface area contributed by atoms with Crippen LogP contribution >= 0.6 is 0 Å². The van der Waals surface area contributed by atoms with Gasteiger partial charge in [-0.2, -0.15) is 0 Å². The summed E-state index contributed by atoms with van der Waals surface area (Å²) in [6, 6.07) is 6.87. The van der Waals surface area contributed by atoms with Crippen LogP contribution in [0.4, 0.5) is 0 Å². The van der Waals surface area contributed by atoms with Crippen LogP contribution in [0.1, 0.15) is 23.7 Å². The number of amides is 1. The minimum Gasteiger partial charge on any atom is -0.461 e. The lowest BCUT2D eigenvalue weighted by Gasteiger charge is -2.08. The largest absolute Gasteiger partial charge is 0.461 e. The Bertz CT molecular complexity index is 553. The average molecular weight is 241 g/mol. The summed E-state index contributed by atoms with van der Waals surface area (Å²) in [5.74, 6) is 1.01. The summed E-state index contributed by atoms with van der Waals surface area (Å²) in [7, 11) is 0. The van der Waals surface area contributed by atoms with Gasteiger partial charge in [0, 0.05) is 12.0 Å². The fourth-order valence-corrected chi connectivity index (χ4v) is 1.65. The Kier molecular flexibility index (Phi) is 3.63. The molecule has 1 aromatic rings. The van der Waals surface area contributed by atoms with E-state index in [0.717, 1.165) is 12.2 Å². The number of hydrogen-bond donors (Lipinski definition) is 1. The molecular formula is C15H15NO2. The number of allylic oxidation sites excluding steroid dienone is 5. The van der Waals surface area contributed by atoms with E-state index >= 15 is 0 Å². The van der Waals surface area contributed by atoms with Crippen LogP contribution in [0.25, 0.3) is 0 Å². The molecule has 2 N–H and O–H groups in total. The van der Waals surface area contributed by atoms with E-state index in [4.69, 9.17) is 10.5 Å². The molecule has 0 heterocycles. The first-order valence-corrected chi connectivity index (χ1v) is 5.77. The molecule has 0 aliphatic heterocycles. The van der Waals surface area contributed by atoms with Crippen molar-refractivity contribution in [3.63, 3.8) is 0 Å². The van der Waals surface area contributed by atoms with Crippen molar-refractivity contribution < 1.29 is 9.53 Å². The summed E-state index contributed by atoms with van der Waals surface area (Å²) in [6.45, 7) is 2.03. The van der Waals surface area contributed by atoms with Gasteiger partial charge in [-0.15, -0.1) is 0 Å². The highest BCUT2D eigenvalue weighted by Gasteiger charge is 2.04. The lowest BCUT2D eigenvalue weighted by atomic mass is 10.2. The Morgan fingerprint density at radius 1 is 1.33 bits per heavy atom. The second-order valence-corrected chi connectivity index (χ2v) is 4.14. The van der Waals surface area contributed by atoms with Crippen LogP contribution < -0.4 is 10.5 Å². The quantitative estimate of drug-likeness (QED) is 0.884. The first kappa shape index (κ1) is 12.2. The highest BCUT2D eigenvalue weighted by atomic mass is 16.5. The fourth-order valence-electron chi connectivity index (χ4n) is 1.65. The van der Waals surface area contributed by atoms with Gasteiger partial charge >= 0.3 is 0 Å². The SMILES string of the molecule is CC1=CC=C(Oc2cccc(C(N)=O)c2)CC=C1. The molecule has 0 saturated heterocycles. The van der Waals surface area contributed by atoms with Gasteiger partial charge in [0.15, 0.2) is 0 Å². The van der Waals surface area contributed by atoms with E-state index in [2.05, 4.69) is 0 Å². The summed E-state index contributed by atoms with van der Waals surface area (Å²) in [6.07, 6.45) is 8.76. The van der Waals surface area contributed by atoms with Crippen molar-refractivity contribution in [1.29, 1.82) is 0 Å². The van der Waals surface area contributed by atoms with E-state index in [1.807, 2.05) is 31.2 Å². The Balaban J connectivity index is 2.17. The van der Waals surface area contributed by atoms with Crippen LogP contribution in [0, 0.1) is 0 Å². The summed E-state index contributed by atoms with van der Waals surface area (Å²) < 4.78 is 5.73. The van der Waals surface area contributed by atoms with Gasteiger partial charge < -0.3 is 10.5 Å². The van der Waals surface area contributed by atoms with Gasteiger partial charge in [0.2, 0.25) is 5.91 Å². The van der Waals surface area contributed by atoms with Crippen molar-refractivity contribution in [3.05, 3.63) is 65.5 Å². The highest BCUT2D eigenvalue weighted by Crippen LogP contribution is 2.19. The van der Waals surface area contributed by atoms with Gasteiger partial charge in [-0.25, -0.2) is 0 Å². The molecule has 18 heavy (non-hydrogen) atoms. The Morgan fingerprint density at radius 3 is 2.94 bits per heavy atom. The van der Waals surface area contributed by atoms with Crippen LogP contribution in [-0.2, 0) is 0 Å². The lowest BCUT2D eigenvalue weighted by molar-refractivity contribution is 0.1000. The molecule has 92 valence electrons. The van der Waals surface area contributed by atoms with Crippen molar-refractivity contribution in [2.75, 3.05) is 0 Å². The Hall–Kier alpha value is -2.29. The zero-order valence-corrected chi connectivity index (χ0v) is 10.2. The summed E-state index contributed by atoms with van der Waals surface area (Å²) in [4.78, 5) is 11.1. The van der Waals surface area contributed by atoms with Crippen molar-refractivity contribution >= 4 is 5.91 Å². The third-order valence-corrected chi connectivity index (χ3v) is 2.60. The molecule has 0 aromatic heterocycles. The molecule has 0 fully saturated rings. The summed E-state index contributed by atoms with van der Waals surface area (Å²) in [5, 5.41) is 0. The zero-order chi connectivity index (χ0) is 13.0. The van der Waals surface area contributed by atoms with E-state index in [-0.39, 0.29) is 0 Å². The van der Waals surface area contributed by atoms with E-state index in [9.17, 15) is 4.79 Å². The van der Waals surface area contributed by atoms with Gasteiger partial charge in [0.05, 0.1) is 0 Å². The van der Waals surface area contributed by atoms with Crippen LogP contribution in [0.2, 0.25) is 0 Å². The average Bonchev–Trinajstić information content (AvgIpc) is 2.55. The Labute approximate surface area is 106 Å². The predicted octanol–water partition coefficient (Wildman–Crippen LogP) is 2.95. The van der Waals surface area contributed by atoms with Crippen molar-refractivity contribution in [3.8, 4) is 5.75 Å². The number of nitrogens with two attached hydrogens (primary N) is 1. The third kappa shape index (κ3) is 3.10. The van der Waals surface area contributed by atoms with Crippen LogP contribution in [0.3, 0.4) is 0 Å². The Morgan fingerprint density at radius 2 is 2.17 bits per heavy atom. The minimum atomic E-state index is -0.453. The van der Waals surface area contributed by atoms with Gasteiger partial charge in [0.1, 0.15) is 11.5 Å². The molecule has 3 nitrogen and oxygen atoms in total. The van der Waals surface area contributed by atoms with Gasteiger partial charge in [-0.3, -0.25) is 4.79 Å². The second kappa shape index (κ2) is 5.36. The highest BCUT2D eigenvalue weighted by molar-refractivity contribution is 5.93. The molecule has 0 unspecified atom stereocenters. The van der Waals surface area contributed by atoms with Crippen molar-refractivity contribution in [1.82, 2.24) is 0 Å². The number of rotatable bonds is 3. The zero-order valence-electron chi connectivity index (χ0n) is 10.2.